The summed E-state index contributed by atoms with van der Waals surface area (Å²) in [5, 5.41) is 1.70. The lowest BCUT2D eigenvalue weighted by molar-refractivity contribution is 0.587. The zero-order valence-electron chi connectivity index (χ0n) is 17.3. The van der Waals surface area contributed by atoms with E-state index < -0.39 is 10.0 Å². The van der Waals surface area contributed by atoms with Crippen LogP contribution in [0.15, 0.2) is 63.2 Å². The molecule has 4 heterocycles. The summed E-state index contributed by atoms with van der Waals surface area (Å²) in [6.45, 7) is 5.64. The van der Waals surface area contributed by atoms with Gasteiger partial charge in [-0.2, -0.15) is 0 Å². The van der Waals surface area contributed by atoms with Gasteiger partial charge in [0.15, 0.2) is 5.65 Å². The first-order chi connectivity index (χ1) is 15.2. The Bertz CT molecular complexity index is 1540. The molecular weight excluding hydrogens is 560 g/mol. The van der Waals surface area contributed by atoms with Gasteiger partial charge in [-0.15, -0.1) is 0 Å². The van der Waals surface area contributed by atoms with Gasteiger partial charge in [-0.3, -0.25) is 0 Å². The first-order valence-electron chi connectivity index (χ1n) is 9.44. The van der Waals surface area contributed by atoms with Crippen molar-refractivity contribution in [1.29, 1.82) is 0 Å². The van der Waals surface area contributed by atoms with Crippen molar-refractivity contribution < 1.29 is 8.42 Å². The first kappa shape index (κ1) is 22.6. The topological polar surface area (TPSA) is 106 Å². The normalized spacial score (nSPS) is 11.5. The third kappa shape index (κ3) is 3.96. The maximum absolute atomic E-state index is 12.9. The van der Waals surface area contributed by atoms with E-state index in [1.165, 1.54) is 16.6 Å². The fourth-order valence-electron chi connectivity index (χ4n) is 3.22. The molecule has 1 aromatic carbocycles. The number of fused-ring (bicyclic) bond motifs is 2. The molecule has 11 heteroatoms. The van der Waals surface area contributed by atoms with Crippen LogP contribution in [0.4, 0.5) is 0 Å². The van der Waals surface area contributed by atoms with Gasteiger partial charge in [0.2, 0.25) is 0 Å². The molecule has 0 aliphatic carbocycles. The zero-order valence-corrected chi connectivity index (χ0v) is 21.3. The minimum Gasteiger partial charge on any atom is -0.342 e. The summed E-state index contributed by atoms with van der Waals surface area (Å²) in [6, 6.07) is 6.76. The van der Waals surface area contributed by atoms with Crippen molar-refractivity contribution in [3.8, 4) is 0 Å². The van der Waals surface area contributed by atoms with Crippen molar-refractivity contribution in [2.24, 2.45) is 0 Å². The van der Waals surface area contributed by atoms with E-state index in [4.69, 9.17) is 0 Å². The molecular formula is C21H18Br2N6O2S. The van der Waals surface area contributed by atoms with Crippen LogP contribution < -0.4 is 0 Å². The van der Waals surface area contributed by atoms with E-state index in [9.17, 15) is 8.42 Å². The Morgan fingerprint density at radius 2 is 1.50 bits per heavy atom. The maximum atomic E-state index is 12.9. The second-order valence-electron chi connectivity index (χ2n) is 7.09. The van der Waals surface area contributed by atoms with E-state index in [2.05, 4.69) is 56.8 Å². The molecule has 5 aromatic rings. The molecule has 0 spiro atoms. The largest absolute Gasteiger partial charge is 0.342 e. The first-order valence-corrected chi connectivity index (χ1v) is 12.5. The highest BCUT2D eigenvalue weighted by molar-refractivity contribution is 9.11. The van der Waals surface area contributed by atoms with Gasteiger partial charge < -0.3 is 4.98 Å². The Kier molecular flexibility index (Phi) is 6.15. The molecule has 1 N–H and O–H groups in total. The molecule has 0 atom stereocenters. The average molecular weight is 578 g/mol. The number of aromatic nitrogens is 6. The maximum Gasteiger partial charge on any atom is 0.269 e. The molecule has 0 fully saturated rings. The van der Waals surface area contributed by atoms with Gasteiger partial charge in [0, 0.05) is 28.3 Å². The number of H-pyrrole nitrogens is 1. The molecule has 0 saturated heterocycles. The second kappa shape index (κ2) is 8.72. The van der Waals surface area contributed by atoms with Gasteiger partial charge in [0.05, 0.1) is 20.1 Å². The third-order valence-corrected chi connectivity index (χ3v) is 8.70. The minimum absolute atomic E-state index is 0.235. The zero-order chi connectivity index (χ0) is 23.0. The van der Waals surface area contributed by atoms with Gasteiger partial charge >= 0.3 is 0 Å². The summed E-state index contributed by atoms with van der Waals surface area (Å²) < 4.78 is 28.7. The SMILES string of the molecule is Cc1[nH]c2ncncc2c1Br.Cc1ccc(S(=O)(=O)n2c(C)c(Br)c3cncnc32)cc1. The second-order valence-corrected chi connectivity index (χ2v) is 10.5. The molecule has 0 bridgehead atoms. The summed E-state index contributed by atoms with van der Waals surface area (Å²) in [4.78, 5) is 19.4. The number of hydrogen-bond acceptors (Lipinski definition) is 6. The molecule has 0 unspecified atom stereocenters. The van der Waals surface area contributed by atoms with Gasteiger partial charge in [-0.05, 0) is 64.8 Å². The van der Waals surface area contributed by atoms with Crippen LogP contribution in [0.25, 0.3) is 22.1 Å². The van der Waals surface area contributed by atoms with Crippen LogP contribution in [-0.2, 0) is 10.0 Å². The van der Waals surface area contributed by atoms with E-state index in [1.807, 2.05) is 13.8 Å². The number of aromatic amines is 1. The smallest absolute Gasteiger partial charge is 0.269 e. The molecule has 4 aromatic heterocycles. The fourth-order valence-corrected chi connectivity index (χ4v) is 5.70. The highest BCUT2D eigenvalue weighted by atomic mass is 79.9. The van der Waals surface area contributed by atoms with Crippen LogP contribution >= 0.6 is 31.9 Å². The Morgan fingerprint density at radius 1 is 0.875 bits per heavy atom. The molecule has 164 valence electrons. The van der Waals surface area contributed by atoms with E-state index in [0.717, 1.165) is 26.8 Å². The van der Waals surface area contributed by atoms with Crippen molar-refractivity contribution in [1.82, 2.24) is 28.9 Å². The molecule has 8 nitrogen and oxygen atoms in total. The van der Waals surface area contributed by atoms with Crippen LogP contribution in [0.2, 0.25) is 0 Å². The van der Waals surface area contributed by atoms with Crippen molar-refractivity contribution in [3.05, 3.63) is 75.2 Å². The van der Waals surface area contributed by atoms with Crippen LogP contribution in [-0.4, -0.2) is 37.3 Å². The number of rotatable bonds is 2. The Morgan fingerprint density at radius 3 is 2.16 bits per heavy atom. The van der Waals surface area contributed by atoms with E-state index in [1.54, 1.807) is 43.6 Å². The molecule has 0 amide bonds. The molecule has 0 radical (unpaired) electrons. The number of nitrogens with one attached hydrogen (secondary N) is 1. The van der Waals surface area contributed by atoms with Crippen LogP contribution in [0.3, 0.4) is 0 Å². The van der Waals surface area contributed by atoms with Gasteiger partial charge in [-0.1, -0.05) is 17.7 Å². The van der Waals surface area contributed by atoms with E-state index in [-0.39, 0.29) is 4.90 Å². The number of halogens is 2. The number of nitrogens with zero attached hydrogens (tertiary/aromatic N) is 5. The summed E-state index contributed by atoms with van der Waals surface area (Å²) in [5.41, 5.74) is 3.91. The van der Waals surface area contributed by atoms with Crippen molar-refractivity contribution in [2.45, 2.75) is 25.7 Å². The van der Waals surface area contributed by atoms with E-state index in [0.29, 0.717) is 21.2 Å². The van der Waals surface area contributed by atoms with Crippen LogP contribution in [0.1, 0.15) is 17.0 Å². The van der Waals surface area contributed by atoms with Gasteiger partial charge in [0.25, 0.3) is 10.0 Å². The van der Waals surface area contributed by atoms with Gasteiger partial charge in [-0.25, -0.2) is 32.3 Å². The molecule has 32 heavy (non-hydrogen) atoms. The van der Waals surface area contributed by atoms with Crippen molar-refractivity contribution >= 4 is 63.9 Å². The van der Waals surface area contributed by atoms with Crippen LogP contribution in [0.5, 0.6) is 0 Å². The third-order valence-electron chi connectivity index (χ3n) is 4.89. The minimum atomic E-state index is -3.70. The Balaban J connectivity index is 0.000000186. The molecule has 0 saturated carbocycles. The number of aryl methyl sites for hydroxylation is 2. The average Bonchev–Trinajstić information content (AvgIpc) is 3.22. The molecule has 0 aliphatic rings. The van der Waals surface area contributed by atoms with Crippen LogP contribution in [0, 0.1) is 20.8 Å². The predicted octanol–water partition coefficient (Wildman–Crippen LogP) is 5.08. The summed E-state index contributed by atoms with van der Waals surface area (Å²) in [7, 11) is -3.70. The fraction of sp³-hybridized carbons (Fsp3) is 0.143. The van der Waals surface area contributed by atoms with E-state index >= 15 is 0 Å². The lowest BCUT2D eigenvalue weighted by atomic mass is 10.2. The summed E-state index contributed by atoms with van der Waals surface area (Å²) in [5.74, 6) is 0. The highest BCUT2D eigenvalue weighted by Crippen LogP contribution is 2.32. The lowest BCUT2D eigenvalue weighted by Gasteiger charge is -2.09. The number of hydrogen-bond donors (Lipinski definition) is 1. The standard InChI is InChI=1S/C14H12BrN3O2S.C7H6BrN3/c1-9-3-5-11(6-4-9)21(19,20)18-10(2)13(15)12-7-16-8-17-14(12)18;1-4-6(8)5-2-9-3-10-7(5)11-4/h3-8H,1-2H3;2-3H,1H3,(H,9,10,11). The number of benzene rings is 1. The van der Waals surface area contributed by atoms with Crippen molar-refractivity contribution in [2.75, 3.05) is 0 Å². The Hall–Kier alpha value is -2.63. The quantitative estimate of drug-likeness (QED) is 0.314. The lowest BCUT2D eigenvalue weighted by Crippen LogP contribution is -2.15. The Labute approximate surface area is 201 Å². The van der Waals surface area contributed by atoms with Crippen molar-refractivity contribution in [3.63, 3.8) is 0 Å². The predicted molar refractivity (Wildman–Crippen MR) is 130 cm³/mol. The highest BCUT2D eigenvalue weighted by Gasteiger charge is 2.25. The molecule has 5 rings (SSSR count). The summed E-state index contributed by atoms with van der Waals surface area (Å²) >= 11 is 6.85. The molecule has 0 aliphatic heterocycles. The monoisotopic (exact) mass is 576 g/mol. The van der Waals surface area contributed by atoms with Gasteiger partial charge in [0.1, 0.15) is 18.3 Å². The summed E-state index contributed by atoms with van der Waals surface area (Å²) in [6.07, 6.45) is 6.26.